The van der Waals surface area contributed by atoms with Gasteiger partial charge < -0.3 is 5.32 Å². The molecule has 1 aromatic rings. The van der Waals surface area contributed by atoms with Gasteiger partial charge in [0.25, 0.3) is 5.91 Å². The van der Waals surface area contributed by atoms with Crippen LogP contribution in [0.15, 0.2) is 27.1 Å². The minimum absolute atomic E-state index is 0.00342. The molecule has 0 saturated heterocycles. The zero-order chi connectivity index (χ0) is 12.3. The number of hydrogen-bond donors (Lipinski definition) is 1. The third kappa shape index (κ3) is 3.55. The van der Waals surface area contributed by atoms with Crippen LogP contribution in [-0.2, 0) is 0 Å². The summed E-state index contributed by atoms with van der Waals surface area (Å²) < 4.78 is 1.79. The first kappa shape index (κ1) is 13.1. The predicted octanol–water partition coefficient (Wildman–Crippen LogP) is 4.13. The lowest BCUT2D eigenvalue weighted by molar-refractivity contribution is 0.0948. The van der Waals surface area contributed by atoms with Gasteiger partial charge in [0.1, 0.15) is 0 Å². The molecule has 2 nitrogen and oxygen atoms in total. The highest BCUT2D eigenvalue weighted by Crippen LogP contribution is 2.28. The van der Waals surface area contributed by atoms with Crippen LogP contribution < -0.4 is 5.32 Å². The highest BCUT2D eigenvalue weighted by molar-refractivity contribution is 9.11. The van der Waals surface area contributed by atoms with Crippen molar-refractivity contribution in [3.05, 3.63) is 32.7 Å². The molecule has 1 aliphatic rings. The number of rotatable bonds is 4. The van der Waals surface area contributed by atoms with E-state index in [2.05, 4.69) is 37.2 Å². The molecular formula is C13H15Br2NO. The van der Waals surface area contributed by atoms with Gasteiger partial charge in [-0.2, -0.15) is 0 Å². The van der Waals surface area contributed by atoms with Gasteiger partial charge in [0, 0.05) is 15.5 Å². The maximum absolute atomic E-state index is 11.9. The van der Waals surface area contributed by atoms with E-state index in [4.69, 9.17) is 0 Å². The summed E-state index contributed by atoms with van der Waals surface area (Å²) in [4.78, 5) is 11.9. The van der Waals surface area contributed by atoms with Crippen LogP contribution in [0.25, 0.3) is 0 Å². The molecule has 0 aliphatic heterocycles. The van der Waals surface area contributed by atoms with Crippen LogP contribution in [0.2, 0.25) is 0 Å². The van der Waals surface area contributed by atoms with Gasteiger partial charge in [-0.1, -0.05) is 35.2 Å². The Hall–Kier alpha value is -0.350. The summed E-state index contributed by atoms with van der Waals surface area (Å²) >= 11 is 6.77. The molecule has 0 atom stereocenters. The van der Waals surface area contributed by atoms with Gasteiger partial charge >= 0.3 is 0 Å². The van der Waals surface area contributed by atoms with Crippen molar-refractivity contribution in [2.24, 2.45) is 5.92 Å². The molecule has 1 amide bonds. The number of carbonyl (C=O) groups excluding carboxylic acids is 1. The summed E-state index contributed by atoms with van der Waals surface area (Å²) in [5.74, 6) is 0.840. The summed E-state index contributed by atoms with van der Waals surface area (Å²) in [6.45, 7) is 0.784. The molecule has 0 radical (unpaired) electrons. The predicted molar refractivity (Wildman–Crippen MR) is 76.1 cm³/mol. The molecule has 0 heterocycles. The van der Waals surface area contributed by atoms with Gasteiger partial charge in [-0.25, -0.2) is 0 Å². The number of carbonyl (C=O) groups is 1. The summed E-state index contributed by atoms with van der Waals surface area (Å²) in [5, 5.41) is 2.97. The first-order valence-electron chi connectivity index (χ1n) is 5.90. The average molecular weight is 361 g/mol. The van der Waals surface area contributed by atoms with E-state index >= 15 is 0 Å². The fraction of sp³-hybridized carbons (Fsp3) is 0.462. The Morgan fingerprint density at radius 1 is 1.35 bits per heavy atom. The molecule has 1 N–H and O–H groups in total. The average Bonchev–Trinajstić information content (AvgIpc) is 2.21. The van der Waals surface area contributed by atoms with Crippen LogP contribution in [0.4, 0.5) is 0 Å². The number of hydrogen-bond acceptors (Lipinski definition) is 1. The normalized spacial score (nSPS) is 15.4. The summed E-state index contributed by atoms with van der Waals surface area (Å²) in [7, 11) is 0. The molecule has 1 saturated carbocycles. The number of amides is 1. The summed E-state index contributed by atoms with van der Waals surface area (Å²) in [5.41, 5.74) is 0.696. The van der Waals surface area contributed by atoms with Crippen LogP contribution in [0, 0.1) is 5.92 Å². The topological polar surface area (TPSA) is 29.1 Å². The van der Waals surface area contributed by atoms with E-state index in [-0.39, 0.29) is 5.91 Å². The molecule has 92 valence electrons. The zero-order valence-electron chi connectivity index (χ0n) is 9.51. The first-order chi connectivity index (χ1) is 8.16. The lowest BCUT2D eigenvalue weighted by Crippen LogP contribution is -2.27. The smallest absolute Gasteiger partial charge is 0.252 e. The minimum atomic E-state index is 0.00342. The van der Waals surface area contributed by atoms with Gasteiger partial charge in [0.2, 0.25) is 0 Å². The molecule has 0 unspecified atom stereocenters. The minimum Gasteiger partial charge on any atom is -0.352 e. The van der Waals surface area contributed by atoms with Gasteiger partial charge in [-0.15, -0.1) is 0 Å². The molecular weight excluding hydrogens is 346 g/mol. The van der Waals surface area contributed by atoms with Crippen molar-refractivity contribution in [1.29, 1.82) is 0 Å². The van der Waals surface area contributed by atoms with Crippen molar-refractivity contribution in [3.8, 4) is 0 Å². The van der Waals surface area contributed by atoms with E-state index < -0.39 is 0 Å². The van der Waals surface area contributed by atoms with Crippen molar-refractivity contribution < 1.29 is 4.79 Å². The van der Waals surface area contributed by atoms with Crippen LogP contribution in [-0.4, -0.2) is 12.5 Å². The third-order valence-electron chi connectivity index (χ3n) is 3.24. The van der Waals surface area contributed by atoms with Crippen molar-refractivity contribution in [2.75, 3.05) is 6.54 Å². The Balaban J connectivity index is 1.85. The quantitative estimate of drug-likeness (QED) is 0.859. The number of nitrogens with one attached hydrogen (secondary N) is 1. The van der Waals surface area contributed by atoms with Gasteiger partial charge in [-0.05, 0) is 46.5 Å². The van der Waals surface area contributed by atoms with Crippen molar-refractivity contribution in [3.63, 3.8) is 0 Å². The third-order valence-corrected chi connectivity index (χ3v) is 4.39. The lowest BCUT2D eigenvalue weighted by Gasteiger charge is -2.25. The van der Waals surface area contributed by atoms with E-state index in [1.165, 1.54) is 19.3 Å². The molecule has 0 bridgehead atoms. The monoisotopic (exact) mass is 359 g/mol. The SMILES string of the molecule is O=C(NCCC1CCC1)c1ccc(Br)cc1Br. The first-order valence-corrected chi connectivity index (χ1v) is 7.48. The Kier molecular flexibility index (Phi) is 4.62. The van der Waals surface area contributed by atoms with Gasteiger partial charge in [0.15, 0.2) is 0 Å². The fourth-order valence-corrected chi connectivity index (χ4v) is 3.17. The highest BCUT2D eigenvalue weighted by atomic mass is 79.9. The summed E-state index contributed by atoms with van der Waals surface area (Å²) in [6, 6.07) is 5.60. The molecule has 1 fully saturated rings. The number of halogens is 2. The molecule has 0 spiro atoms. The fourth-order valence-electron chi connectivity index (χ4n) is 1.94. The standard InChI is InChI=1S/C13H15Br2NO/c14-10-4-5-11(12(15)8-10)13(17)16-7-6-9-2-1-3-9/h4-5,8-9H,1-3,6-7H2,(H,16,17). The molecule has 1 aliphatic carbocycles. The Morgan fingerprint density at radius 3 is 2.71 bits per heavy atom. The van der Waals surface area contributed by atoms with Crippen molar-refractivity contribution in [1.82, 2.24) is 5.32 Å². The van der Waals surface area contributed by atoms with Crippen molar-refractivity contribution >= 4 is 37.8 Å². The van der Waals surface area contributed by atoms with E-state index in [1.807, 2.05) is 18.2 Å². The molecule has 2 rings (SSSR count). The lowest BCUT2D eigenvalue weighted by atomic mass is 9.83. The van der Waals surface area contributed by atoms with Gasteiger partial charge in [0.05, 0.1) is 5.56 Å². The maximum atomic E-state index is 11.9. The van der Waals surface area contributed by atoms with E-state index in [0.29, 0.717) is 5.56 Å². The maximum Gasteiger partial charge on any atom is 0.252 e. The Morgan fingerprint density at radius 2 is 2.12 bits per heavy atom. The van der Waals surface area contributed by atoms with Crippen LogP contribution >= 0.6 is 31.9 Å². The molecule has 0 aromatic heterocycles. The zero-order valence-corrected chi connectivity index (χ0v) is 12.7. The second-order valence-corrected chi connectivity index (χ2v) is 6.24. The molecule has 17 heavy (non-hydrogen) atoms. The largest absolute Gasteiger partial charge is 0.352 e. The van der Waals surface area contributed by atoms with Gasteiger partial charge in [-0.3, -0.25) is 4.79 Å². The van der Waals surface area contributed by atoms with Crippen LogP contribution in [0.1, 0.15) is 36.0 Å². The Labute approximate surface area is 118 Å². The molecule has 4 heteroatoms. The molecule has 1 aromatic carbocycles. The van der Waals surface area contributed by atoms with Crippen LogP contribution in [0.5, 0.6) is 0 Å². The van der Waals surface area contributed by atoms with E-state index in [0.717, 1.165) is 27.8 Å². The van der Waals surface area contributed by atoms with Crippen LogP contribution in [0.3, 0.4) is 0 Å². The highest BCUT2D eigenvalue weighted by Gasteiger charge is 2.17. The number of benzene rings is 1. The van der Waals surface area contributed by atoms with E-state index in [1.54, 1.807) is 0 Å². The Bertz CT molecular complexity index is 416. The summed E-state index contributed by atoms with van der Waals surface area (Å²) in [6.07, 6.45) is 5.13. The second-order valence-electron chi connectivity index (χ2n) is 4.47. The second kappa shape index (κ2) is 6.01. The van der Waals surface area contributed by atoms with E-state index in [9.17, 15) is 4.79 Å². The van der Waals surface area contributed by atoms with Crippen molar-refractivity contribution in [2.45, 2.75) is 25.7 Å².